The number of imidazole rings is 1. The molecule has 0 bridgehead atoms. The minimum absolute atomic E-state index is 0.0373. The Bertz CT molecular complexity index is 1310. The number of nitrogens with zero attached hydrogens (tertiary/aromatic N) is 2. The molecular formula is C25H27N5O2. The van der Waals surface area contributed by atoms with Crippen LogP contribution in [0, 0.1) is 0 Å². The maximum atomic E-state index is 12.8. The number of piperazine rings is 1. The second kappa shape index (κ2) is 8.61. The van der Waals surface area contributed by atoms with Gasteiger partial charge in [-0.15, -0.1) is 0 Å². The third-order valence-corrected chi connectivity index (χ3v) is 6.39. The van der Waals surface area contributed by atoms with Gasteiger partial charge in [0.25, 0.3) is 0 Å². The van der Waals surface area contributed by atoms with Crippen LogP contribution in [0.15, 0.2) is 65.5 Å². The fraction of sp³-hybridized carbons (Fsp3) is 0.280. The van der Waals surface area contributed by atoms with Crippen LogP contribution in [-0.2, 0) is 11.3 Å². The number of rotatable bonds is 5. The number of benzene rings is 3. The summed E-state index contributed by atoms with van der Waals surface area (Å²) in [4.78, 5) is 34.4. The van der Waals surface area contributed by atoms with Crippen LogP contribution in [-0.4, -0.2) is 57.9 Å². The molecule has 0 saturated carbocycles. The first-order valence-electron chi connectivity index (χ1n) is 11.0. The van der Waals surface area contributed by atoms with E-state index < -0.39 is 0 Å². The molecule has 0 unspecified atom stereocenters. The zero-order valence-corrected chi connectivity index (χ0v) is 18.1. The highest BCUT2D eigenvalue weighted by atomic mass is 16.2. The lowest BCUT2D eigenvalue weighted by Crippen LogP contribution is -2.52. The van der Waals surface area contributed by atoms with E-state index in [0.717, 1.165) is 38.2 Å². The molecule has 4 aromatic rings. The van der Waals surface area contributed by atoms with Crippen LogP contribution in [0.3, 0.4) is 0 Å². The van der Waals surface area contributed by atoms with Gasteiger partial charge in [-0.1, -0.05) is 42.5 Å². The Hall–Kier alpha value is -3.42. The lowest BCUT2D eigenvalue weighted by Gasteiger charge is -2.37. The highest BCUT2D eigenvalue weighted by Crippen LogP contribution is 2.21. The Morgan fingerprint density at radius 1 is 0.969 bits per heavy atom. The smallest absolute Gasteiger partial charge is 0.323 e. The Kier molecular flexibility index (Phi) is 5.51. The van der Waals surface area contributed by atoms with Crippen LogP contribution in [0.2, 0.25) is 0 Å². The zero-order valence-electron chi connectivity index (χ0n) is 18.1. The lowest BCUT2D eigenvalue weighted by atomic mass is 10.0. The molecule has 0 aliphatic carbocycles. The first-order valence-corrected chi connectivity index (χ1v) is 11.0. The number of fused-ring (bicyclic) bond motifs is 2. The van der Waals surface area contributed by atoms with Crippen LogP contribution in [0.5, 0.6) is 0 Å². The van der Waals surface area contributed by atoms with E-state index in [2.05, 4.69) is 67.5 Å². The van der Waals surface area contributed by atoms with E-state index in [1.807, 2.05) is 6.92 Å². The first-order chi connectivity index (χ1) is 15.6. The Labute approximate surface area is 186 Å². The van der Waals surface area contributed by atoms with Crippen LogP contribution in [0.25, 0.3) is 21.8 Å². The zero-order chi connectivity index (χ0) is 22.1. The molecule has 164 valence electrons. The molecule has 3 N–H and O–H groups in total. The molecule has 1 fully saturated rings. The summed E-state index contributed by atoms with van der Waals surface area (Å²) in [7, 11) is 0. The van der Waals surface area contributed by atoms with E-state index >= 15 is 0 Å². The fourth-order valence-electron chi connectivity index (χ4n) is 4.50. The fourth-order valence-corrected chi connectivity index (χ4v) is 4.50. The number of hydrogen-bond acceptors (Lipinski definition) is 4. The quantitative estimate of drug-likeness (QED) is 0.455. The van der Waals surface area contributed by atoms with Crippen LogP contribution < -0.4 is 11.0 Å². The summed E-state index contributed by atoms with van der Waals surface area (Å²) in [6.45, 7) is 6.43. The SMILES string of the molecule is C[C@H](C(=O)Nc1ccc2[nH]c(=O)[nH]c2c1)N1CCN(Cc2cccc3ccccc23)CC1. The number of hydrogen-bond donors (Lipinski definition) is 3. The summed E-state index contributed by atoms with van der Waals surface area (Å²) in [5, 5.41) is 5.57. The molecule has 32 heavy (non-hydrogen) atoms. The molecule has 1 aliphatic rings. The predicted octanol–water partition coefficient (Wildman–Crippen LogP) is 3.15. The van der Waals surface area contributed by atoms with Gasteiger partial charge in [-0.05, 0) is 41.5 Å². The number of nitrogens with one attached hydrogen (secondary N) is 3. The van der Waals surface area contributed by atoms with Gasteiger partial charge in [0.2, 0.25) is 5.91 Å². The summed E-state index contributed by atoms with van der Waals surface area (Å²) in [5.74, 6) is -0.0373. The van der Waals surface area contributed by atoms with E-state index in [0.29, 0.717) is 11.2 Å². The largest absolute Gasteiger partial charge is 0.325 e. The van der Waals surface area contributed by atoms with Crippen molar-refractivity contribution in [3.63, 3.8) is 0 Å². The van der Waals surface area contributed by atoms with Crippen molar-refractivity contribution in [2.24, 2.45) is 0 Å². The first kappa shape index (κ1) is 20.5. The standard InChI is InChI=1S/C25H27N5O2/c1-17(24(31)26-20-9-10-22-23(15-20)28-25(32)27-22)30-13-11-29(12-14-30)16-19-7-4-6-18-5-2-3-8-21(18)19/h2-10,15,17H,11-14,16H2,1H3,(H,26,31)(H2,27,28,32)/t17-/m1/s1. The van der Waals surface area contributed by atoms with Crippen molar-refractivity contribution < 1.29 is 4.79 Å². The van der Waals surface area contributed by atoms with Crippen LogP contribution >= 0.6 is 0 Å². The van der Waals surface area contributed by atoms with Crippen molar-refractivity contribution in [2.75, 3.05) is 31.5 Å². The minimum atomic E-state index is -0.252. The highest BCUT2D eigenvalue weighted by Gasteiger charge is 2.26. The third kappa shape index (κ3) is 4.17. The number of aromatic nitrogens is 2. The van der Waals surface area contributed by atoms with Gasteiger partial charge in [0.15, 0.2) is 0 Å². The van der Waals surface area contributed by atoms with E-state index in [9.17, 15) is 9.59 Å². The Balaban J connectivity index is 1.18. The molecule has 7 nitrogen and oxygen atoms in total. The van der Waals surface area contributed by atoms with Gasteiger partial charge < -0.3 is 15.3 Å². The second-order valence-corrected chi connectivity index (χ2v) is 8.46. The second-order valence-electron chi connectivity index (χ2n) is 8.46. The number of H-pyrrole nitrogens is 2. The number of amides is 1. The summed E-state index contributed by atoms with van der Waals surface area (Å²) in [6.07, 6.45) is 0. The number of carbonyl (C=O) groups excluding carboxylic acids is 1. The van der Waals surface area contributed by atoms with Crippen molar-refractivity contribution in [3.05, 3.63) is 76.7 Å². The van der Waals surface area contributed by atoms with E-state index in [4.69, 9.17) is 0 Å². The van der Waals surface area contributed by atoms with Gasteiger partial charge in [0, 0.05) is 38.4 Å². The van der Waals surface area contributed by atoms with Gasteiger partial charge in [0.1, 0.15) is 0 Å². The molecular weight excluding hydrogens is 402 g/mol. The molecule has 2 heterocycles. The molecule has 3 aromatic carbocycles. The third-order valence-electron chi connectivity index (χ3n) is 6.39. The minimum Gasteiger partial charge on any atom is -0.325 e. The highest BCUT2D eigenvalue weighted by molar-refractivity contribution is 5.96. The topological polar surface area (TPSA) is 84.2 Å². The Morgan fingerprint density at radius 2 is 1.72 bits per heavy atom. The van der Waals surface area contributed by atoms with Crippen molar-refractivity contribution in [3.8, 4) is 0 Å². The summed E-state index contributed by atoms with van der Waals surface area (Å²) in [5.41, 5.74) is 3.18. The number of aromatic amines is 2. The lowest BCUT2D eigenvalue weighted by molar-refractivity contribution is -0.121. The van der Waals surface area contributed by atoms with E-state index in [1.54, 1.807) is 18.2 Å². The number of anilines is 1. The maximum Gasteiger partial charge on any atom is 0.323 e. The average Bonchev–Trinajstić information content (AvgIpc) is 3.18. The molecule has 1 aliphatic heterocycles. The summed E-state index contributed by atoms with van der Waals surface area (Å²) >= 11 is 0. The maximum absolute atomic E-state index is 12.8. The molecule has 1 atom stereocenters. The molecule has 5 rings (SSSR count). The van der Waals surface area contributed by atoms with Crippen LogP contribution in [0.4, 0.5) is 5.69 Å². The monoisotopic (exact) mass is 429 g/mol. The van der Waals surface area contributed by atoms with Crippen molar-refractivity contribution >= 4 is 33.4 Å². The molecule has 1 saturated heterocycles. The van der Waals surface area contributed by atoms with Gasteiger partial charge in [-0.2, -0.15) is 0 Å². The van der Waals surface area contributed by atoms with Gasteiger partial charge in [-0.25, -0.2) is 4.79 Å². The van der Waals surface area contributed by atoms with Crippen molar-refractivity contribution in [1.29, 1.82) is 0 Å². The van der Waals surface area contributed by atoms with Crippen molar-refractivity contribution in [1.82, 2.24) is 19.8 Å². The predicted molar refractivity (Wildman–Crippen MR) is 128 cm³/mol. The molecule has 7 heteroatoms. The molecule has 1 aromatic heterocycles. The van der Waals surface area contributed by atoms with Crippen LogP contribution in [0.1, 0.15) is 12.5 Å². The Morgan fingerprint density at radius 3 is 2.56 bits per heavy atom. The average molecular weight is 430 g/mol. The van der Waals surface area contributed by atoms with Gasteiger partial charge in [0.05, 0.1) is 17.1 Å². The normalized spacial score (nSPS) is 16.4. The van der Waals surface area contributed by atoms with E-state index in [1.165, 1.54) is 16.3 Å². The van der Waals surface area contributed by atoms with Crippen molar-refractivity contribution in [2.45, 2.75) is 19.5 Å². The molecule has 0 radical (unpaired) electrons. The van der Waals surface area contributed by atoms with E-state index in [-0.39, 0.29) is 17.6 Å². The summed E-state index contributed by atoms with van der Waals surface area (Å²) in [6, 6.07) is 20.1. The van der Waals surface area contributed by atoms with Gasteiger partial charge in [-0.3, -0.25) is 14.6 Å². The molecule has 1 amide bonds. The molecule has 0 spiro atoms. The van der Waals surface area contributed by atoms with Gasteiger partial charge >= 0.3 is 5.69 Å². The summed E-state index contributed by atoms with van der Waals surface area (Å²) < 4.78 is 0. The number of carbonyl (C=O) groups is 1.